The summed E-state index contributed by atoms with van der Waals surface area (Å²) in [6.07, 6.45) is 1.32. The summed E-state index contributed by atoms with van der Waals surface area (Å²) < 4.78 is 0. The third kappa shape index (κ3) is 3.74. The van der Waals surface area contributed by atoms with Gasteiger partial charge >= 0.3 is 0 Å². The number of hydrogen-bond donors (Lipinski definition) is 1. The standard InChI is InChI=1S/C12H27N3/c1-10(2)12(13-3)9-15-7-6-11(8-15)14(4)5/h10-13H,6-9H2,1-5H3. The summed E-state index contributed by atoms with van der Waals surface area (Å²) >= 11 is 0. The average Bonchev–Trinajstić information content (AvgIpc) is 2.61. The first kappa shape index (κ1) is 12.9. The molecule has 15 heavy (non-hydrogen) atoms. The van der Waals surface area contributed by atoms with Crippen LogP contribution in [0, 0.1) is 5.92 Å². The Hall–Kier alpha value is -0.120. The molecule has 3 nitrogen and oxygen atoms in total. The first-order valence-corrected chi connectivity index (χ1v) is 6.10. The van der Waals surface area contributed by atoms with Crippen molar-refractivity contribution in [1.82, 2.24) is 15.1 Å². The molecule has 1 aliphatic rings. The van der Waals surface area contributed by atoms with E-state index in [9.17, 15) is 0 Å². The molecule has 0 aromatic rings. The molecule has 1 fully saturated rings. The monoisotopic (exact) mass is 213 g/mol. The van der Waals surface area contributed by atoms with Gasteiger partial charge in [-0.15, -0.1) is 0 Å². The lowest BCUT2D eigenvalue weighted by molar-refractivity contribution is 0.235. The van der Waals surface area contributed by atoms with Crippen LogP contribution in [0.4, 0.5) is 0 Å². The van der Waals surface area contributed by atoms with Crippen molar-refractivity contribution in [3.8, 4) is 0 Å². The van der Waals surface area contributed by atoms with E-state index >= 15 is 0 Å². The Morgan fingerprint density at radius 1 is 1.40 bits per heavy atom. The minimum Gasteiger partial charge on any atom is -0.315 e. The second-order valence-electron chi connectivity index (χ2n) is 5.30. The Morgan fingerprint density at radius 3 is 2.47 bits per heavy atom. The maximum Gasteiger partial charge on any atom is 0.0229 e. The highest BCUT2D eigenvalue weighted by atomic mass is 15.2. The number of likely N-dealkylation sites (N-methyl/N-ethyl adjacent to an activating group) is 2. The molecule has 1 rings (SSSR count). The fourth-order valence-electron chi connectivity index (χ4n) is 2.31. The molecule has 2 atom stereocenters. The molecule has 0 amide bonds. The van der Waals surface area contributed by atoms with Gasteiger partial charge in [0.25, 0.3) is 0 Å². The molecular weight excluding hydrogens is 186 g/mol. The molecule has 0 aliphatic carbocycles. The van der Waals surface area contributed by atoms with E-state index in [2.05, 4.69) is 50.1 Å². The van der Waals surface area contributed by atoms with Crippen molar-refractivity contribution in [1.29, 1.82) is 0 Å². The van der Waals surface area contributed by atoms with E-state index in [4.69, 9.17) is 0 Å². The molecular formula is C12H27N3. The number of rotatable bonds is 5. The molecule has 0 spiro atoms. The molecule has 0 radical (unpaired) electrons. The van der Waals surface area contributed by atoms with Crippen LogP contribution in [0.25, 0.3) is 0 Å². The van der Waals surface area contributed by atoms with E-state index < -0.39 is 0 Å². The highest BCUT2D eigenvalue weighted by Gasteiger charge is 2.26. The summed E-state index contributed by atoms with van der Waals surface area (Å²) in [6.45, 7) is 8.27. The van der Waals surface area contributed by atoms with Crippen molar-refractivity contribution in [2.45, 2.75) is 32.4 Å². The second kappa shape index (κ2) is 5.83. The van der Waals surface area contributed by atoms with Crippen LogP contribution >= 0.6 is 0 Å². The lowest BCUT2D eigenvalue weighted by atomic mass is 10.0. The van der Waals surface area contributed by atoms with Gasteiger partial charge in [-0.2, -0.15) is 0 Å². The highest BCUT2D eigenvalue weighted by molar-refractivity contribution is 4.84. The topological polar surface area (TPSA) is 18.5 Å². The zero-order chi connectivity index (χ0) is 11.4. The highest BCUT2D eigenvalue weighted by Crippen LogP contribution is 2.14. The molecule has 0 saturated carbocycles. The minimum absolute atomic E-state index is 0.630. The maximum atomic E-state index is 3.42. The van der Waals surface area contributed by atoms with Crippen LogP contribution in [0.2, 0.25) is 0 Å². The Morgan fingerprint density at radius 2 is 2.07 bits per heavy atom. The van der Waals surface area contributed by atoms with Gasteiger partial charge in [-0.05, 0) is 40.0 Å². The average molecular weight is 213 g/mol. The van der Waals surface area contributed by atoms with Gasteiger partial charge in [-0.25, -0.2) is 0 Å². The predicted octanol–water partition coefficient (Wildman–Crippen LogP) is 0.866. The third-order valence-electron chi connectivity index (χ3n) is 3.61. The molecule has 3 heteroatoms. The van der Waals surface area contributed by atoms with Gasteiger partial charge in [0.15, 0.2) is 0 Å². The van der Waals surface area contributed by atoms with E-state index in [-0.39, 0.29) is 0 Å². The van der Waals surface area contributed by atoms with Crippen LogP contribution in [0.15, 0.2) is 0 Å². The summed E-state index contributed by atoms with van der Waals surface area (Å²) in [6, 6.07) is 1.39. The lowest BCUT2D eigenvalue weighted by Crippen LogP contribution is -2.42. The number of nitrogens with zero attached hydrogens (tertiary/aromatic N) is 2. The Labute approximate surface area is 94.8 Å². The SMILES string of the molecule is CNC(CN1CCC(N(C)C)C1)C(C)C. The van der Waals surface area contributed by atoms with Crippen LogP contribution in [-0.4, -0.2) is 62.7 Å². The van der Waals surface area contributed by atoms with Gasteiger partial charge in [-0.1, -0.05) is 13.8 Å². The van der Waals surface area contributed by atoms with Gasteiger partial charge in [0.2, 0.25) is 0 Å². The van der Waals surface area contributed by atoms with Crippen molar-refractivity contribution < 1.29 is 0 Å². The molecule has 2 unspecified atom stereocenters. The van der Waals surface area contributed by atoms with Crippen molar-refractivity contribution in [2.24, 2.45) is 5.92 Å². The van der Waals surface area contributed by atoms with E-state index in [1.807, 2.05) is 0 Å². The van der Waals surface area contributed by atoms with E-state index in [0.29, 0.717) is 12.0 Å². The molecule has 1 saturated heterocycles. The summed E-state index contributed by atoms with van der Waals surface area (Å²) in [5, 5.41) is 3.42. The lowest BCUT2D eigenvalue weighted by Gasteiger charge is -2.27. The first-order chi connectivity index (χ1) is 7.04. The number of likely N-dealkylation sites (tertiary alicyclic amines) is 1. The van der Waals surface area contributed by atoms with Crippen molar-refractivity contribution >= 4 is 0 Å². The molecule has 0 aromatic heterocycles. The van der Waals surface area contributed by atoms with Gasteiger partial charge in [0.1, 0.15) is 0 Å². The van der Waals surface area contributed by atoms with Gasteiger partial charge in [0, 0.05) is 25.2 Å². The minimum atomic E-state index is 0.630. The van der Waals surface area contributed by atoms with Crippen molar-refractivity contribution in [3.05, 3.63) is 0 Å². The first-order valence-electron chi connectivity index (χ1n) is 6.10. The van der Waals surface area contributed by atoms with Crippen molar-refractivity contribution in [3.63, 3.8) is 0 Å². The summed E-state index contributed by atoms with van der Waals surface area (Å²) in [5.74, 6) is 0.716. The van der Waals surface area contributed by atoms with Gasteiger partial charge in [-0.3, -0.25) is 0 Å². The number of hydrogen-bond acceptors (Lipinski definition) is 3. The summed E-state index contributed by atoms with van der Waals surface area (Å²) in [4.78, 5) is 4.94. The molecule has 1 aliphatic heterocycles. The zero-order valence-electron chi connectivity index (χ0n) is 11.0. The molecule has 90 valence electrons. The molecule has 0 bridgehead atoms. The summed E-state index contributed by atoms with van der Waals surface area (Å²) in [7, 11) is 6.45. The quantitative estimate of drug-likeness (QED) is 0.731. The smallest absolute Gasteiger partial charge is 0.0229 e. The molecule has 1 heterocycles. The van der Waals surface area contributed by atoms with E-state index in [0.717, 1.165) is 6.04 Å². The van der Waals surface area contributed by atoms with Crippen LogP contribution in [0.1, 0.15) is 20.3 Å². The third-order valence-corrected chi connectivity index (χ3v) is 3.61. The van der Waals surface area contributed by atoms with Crippen molar-refractivity contribution in [2.75, 3.05) is 40.8 Å². The fourth-order valence-corrected chi connectivity index (χ4v) is 2.31. The molecule has 0 aromatic carbocycles. The summed E-state index contributed by atoms with van der Waals surface area (Å²) in [5.41, 5.74) is 0. The Bertz CT molecular complexity index is 180. The predicted molar refractivity (Wildman–Crippen MR) is 66.2 cm³/mol. The van der Waals surface area contributed by atoms with Gasteiger partial charge in [0.05, 0.1) is 0 Å². The largest absolute Gasteiger partial charge is 0.315 e. The Kier molecular flexibility index (Phi) is 5.03. The van der Waals surface area contributed by atoms with Crippen LogP contribution in [0.5, 0.6) is 0 Å². The number of nitrogens with one attached hydrogen (secondary N) is 1. The fraction of sp³-hybridized carbons (Fsp3) is 1.00. The van der Waals surface area contributed by atoms with E-state index in [1.165, 1.54) is 26.1 Å². The second-order valence-corrected chi connectivity index (χ2v) is 5.30. The van der Waals surface area contributed by atoms with E-state index in [1.54, 1.807) is 0 Å². The van der Waals surface area contributed by atoms with Gasteiger partial charge < -0.3 is 15.1 Å². The Balaban J connectivity index is 2.34. The normalized spacial score (nSPS) is 25.4. The van der Waals surface area contributed by atoms with Crippen LogP contribution in [0.3, 0.4) is 0 Å². The zero-order valence-corrected chi connectivity index (χ0v) is 11.0. The van der Waals surface area contributed by atoms with Crippen LogP contribution in [-0.2, 0) is 0 Å². The maximum absolute atomic E-state index is 3.42. The molecule has 1 N–H and O–H groups in total. The van der Waals surface area contributed by atoms with Crippen LogP contribution < -0.4 is 5.32 Å².